The molecule has 0 radical (unpaired) electrons. The van der Waals surface area contributed by atoms with Gasteiger partial charge in [0.15, 0.2) is 0 Å². The van der Waals surface area contributed by atoms with Crippen LogP contribution in [0.2, 0.25) is 19.6 Å². The molecule has 0 amide bonds. The third-order valence-corrected chi connectivity index (χ3v) is 5.13. The van der Waals surface area contributed by atoms with Crippen LogP contribution in [0.15, 0.2) is 18.2 Å². The van der Waals surface area contributed by atoms with Crippen molar-refractivity contribution in [2.75, 3.05) is 0 Å². The maximum atomic E-state index is 9.36. The predicted octanol–water partition coefficient (Wildman–Crippen LogP) is 1.25. The summed E-state index contributed by atoms with van der Waals surface area (Å²) in [5.74, 6) is 0. The standard InChI is InChI=1S/C13H23BO2Si/c1-5-6-7-11-10-12(17(2,3)4)8-9-13(11)14(15)16/h8-10,15-16H,5-7H2,1-4H3. The van der Waals surface area contributed by atoms with E-state index in [1.165, 1.54) is 5.19 Å². The molecule has 94 valence electrons. The van der Waals surface area contributed by atoms with Crippen LogP contribution < -0.4 is 10.6 Å². The highest BCUT2D eigenvalue weighted by Gasteiger charge is 2.21. The van der Waals surface area contributed by atoms with Crippen LogP contribution in [0.4, 0.5) is 0 Å². The van der Waals surface area contributed by atoms with Crippen molar-refractivity contribution in [1.29, 1.82) is 0 Å². The highest BCUT2D eigenvalue weighted by Crippen LogP contribution is 2.07. The third kappa shape index (κ3) is 3.98. The van der Waals surface area contributed by atoms with Crippen LogP contribution in [0, 0.1) is 0 Å². The van der Waals surface area contributed by atoms with Crippen molar-refractivity contribution >= 4 is 25.8 Å². The molecule has 17 heavy (non-hydrogen) atoms. The number of aryl methyl sites for hydroxylation is 1. The van der Waals surface area contributed by atoms with Gasteiger partial charge >= 0.3 is 7.12 Å². The van der Waals surface area contributed by atoms with E-state index in [1.807, 2.05) is 6.07 Å². The Morgan fingerprint density at radius 2 is 1.82 bits per heavy atom. The van der Waals surface area contributed by atoms with E-state index in [1.54, 1.807) is 0 Å². The summed E-state index contributed by atoms with van der Waals surface area (Å²) in [6.45, 7) is 9.07. The minimum absolute atomic E-state index is 0.667. The van der Waals surface area contributed by atoms with E-state index in [9.17, 15) is 10.0 Å². The Balaban J connectivity index is 3.10. The van der Waals surface area contributed by atoms with Crippen LogP contribution in [0.25, 0.3) is 0 Å². The second-order valence-electron chi connectivity index (χ2n) is 5.64. The Bertz CT molecular complexity index is 372. The second-order valence-corrected chi connectivity index (χ2v) is 10.7. The summed E-state index contributed by atoms with van der Waals surface area (Å²) in [4.78, 5) is 0. The molecule has 0 unspecified atom stereocenters. The van der Waals surface area contributed by atoms with Crippen LogP contribution in [-0.2, 0) is 6.42 Å². The van der Waals surface area contributed by atoms with Crippen molar-refractivity contribution in [3.63, 3.8) is 0 Å². The molecule has 0 saturated carbocycles. The van der Waals surface area contributed by atoms with Gasteiger partial charge in [0.05, 0.1) is 8.07 Å². The van der Waals surface area contributed by atoms with E-state index in [4.69, 9.17) is 0 Å². The van der Waals surface area contributed by atoms with Gasteiger partial charge in [0.25, 0.3) is 0 Å². The second kappa shape index (κ2) is 5.85. The van der Waals surface area contributed by atoms with E-state index < -0.39 is 15.2 Å². The van der Waals surface area contributed by atoms with Crippen molar-refractivity contribution < 1.29 is 10.0 Å². The predicted molar refractivity (Wildman–Crippen MR) is 77.9 cm³/mol. The van der Waals surface area contributed by atoms with Gasteiger partial charge in [-0.3, -0.25) is 0 Å². The summed E-state index contributed by atoms with van der Waals surface area (Å²) in [7, 11) is -2.67. The van der Waals surface area contributed by atoms with E-state index in [0.29, 0.717) is 5.46 Å². The molecule has 4 heteroatoms. The summed E-state index contributed by atoms with van der Waals surface area (Å²) in [6, 6.07) is 6.11. The summed E-state index contributed by atoms with van der Waals surface area (Å²) >= 11 is 0. The van der Waals surface area contributed by atoms with Crippen LogP contribution in [0.5, 0.6) is 0 Å². The topological polar surface area (TPSA) is 40.5 Å². The molecule has 0 saturated heterocycles. The van der Waals surface area contributed by atoms with E-state index in [2.05, 4.69) is 38.7 Å². The highest BCUT2D eigenvalue weighted by atomic mass is 28.3. The fourth-order valence-electron chi connectivity index (χ4n) is 1.91. The smallest absolute Gasteiger partial charge is 0.423 e. The lowest BCUT2D eigenvalue weighted by Crippen LogP contribution is -2.41. The van der Waals surface area contributed by atoms with Gasteiger partial charge in [0.2, 0.25) is 0 Å². The quantitative estimate of drug-likeness (QED) is 0.772. The minimum atomic E-state index is -1.35. The van der Waals surface area contributed by atoms with Gasteiger partial charge in [0.1, 0.15) is 0 Å². The van der Waals surface area contributed by atoms with Gasteiger partial charge in [0, 0.05) is 0 Å². The third-order valence-electron chi connectivity index (χ3n) is 3.09. The fourth-order valence-corrected chi connectivity index (χ4v) is 3.10. The lowest BCUT2D eigenvalue weighted by Gasteiger charge is -2.19. The van der Waals surface area contributed by atoms with E-state index >= 15 is 0 Å². The maximum absolute atomic E-state index is 9.36. The molecule has 2 nitrogen and oxygen atoms in total. The van der Waals surface area contributed by atoms with Crippen LogP contribution >= 0.6 is 0 Å². The zero-order chi connectivity index (χ0) is 13.1. The summed E-state index contributed by atoms with van der Waals surface area (Å²) < 4.78 is 0. The monoisotopic (exact) mass is 250 g/mol. The molecule has 0 fully saturated rings. The molecule has 2 N–H and O–H groups in total. The van der Waals surface area contributed by atoms with E-state index in [0.717, 1.165) is 24.8 Å². The molecule has 0 atom stereocenters. The normalized spacial score (nSPS) is 11.6. The zero-order valence-corrected chi connectivity index (χ0v) is 12.3. The zero-order valence-electron chi connectivity index (χ0n) is 11.3. The molecule has 0 aliphatic carbocycles. The lowest BCUT2D eigenvalue weighted by molar-refractivity contribution is 0.425. The molecule has 0 spiro atoms. The summed E-state index contributed by atoms with van der Waals surface area (Å²) in [5.41, 5.74) is 1.77. The van der Waals surface area contributed by atoms with Gasteiger partial charge < -0.3 is 10.0 Å². The Morgan fingerprint density at radius 1 is 1.18 bits per heavy atom. The van der Waals surface area contributed by atoms with Crippen molar-refractivity contribution in [3.05, 3.63) is 23.8 Å². The first-order valence-corrected chi connectivity index (χ1v) is 9.85. The average Bonchev–Trinajstić information content (AvgIpc) is 2.24. The number of rotatable bonds is 5. The molecule has 0 aliphatic rings. The lowest BCUT2D eigenvalue weighted by atomic mass is 9.76. The van der Waals surface area contributed by atoms with Gasteiger partial charge in [-0.2, -0.15) is 0 Å². The van der Waals surface area contributed by atoms with Crippen LogP contribution in [-0.4, -0.2) is 25.2 Å². The number of benzene rings is 1. The van der Waals surface area contributed by atoms with Crippen molar-refractivity contribution in [1.82, 2.24) is 0 Å². The Morgan fingerprint density at radius 3 is 2.29 bits per heavy atom. The van der Waals surface area contributed by atoms with Crippen LogP contribution in [0.3, 0.4) is 0 Å². The number of hydrogen-bond donors (Lipinski definition) is 2. The van der Waals surface area contributed by atoms with Crippen LogP contribution in [0.1, 0.15) is 25.3 Å². The summed E-state index contributed by atoms with van der Waals surface area (Å²) in [6.07, 6.45) is 3.15. The van der Waals surface area contributed by atoms with Crippen molar-refractivity contribution in [2.45, 2.75) is 45.8 Å². The Labute approximate surface area is 106 Å². The average molecular weight is 250 g/mol. The number of hydrogen-bond acceptors (Lipinski definition) is 2. The van der Waals surface area contributed by atoms with Crippen molar-refractivity contribution in [3.8, 4) is 0 Å². The van der Waals surface area contributed by atoms with Gasteiger partial charge in [-0.15, -0.1) is 0 Å². The fraction of sp³-hybridized carbons (Fsp3) is 0.538. The molecule has 0 aromatic heterocycles. The first-order valence-electron chi connectivity index (χ1n) is 6.35. The molecular formula is C13H23BO2Si. The van der Waals surface area contributed by atoms with E-state index in [-0.39, 0.29) is 0 Å². The maximum Gasteiger partial charge on any atom is 0.488 e. The Kier molecular flexibility index (Phi) is 4.98. The minimum Gasteiger partial charge on any atom is -0.423 e. The molecule has 1 aromatic carbocycles. The van der Waals surface area contributed by atoms with Gasteiger partial charge in [-0.05, 0) is 23.9 Å². The molecule has 0 aliphatic heterocycles. The van der Waals surface area contributed by atoms with Gasteiger partial charge in [-0.1, -0.05) is 56.4 Å². The first kappa shape index (κ1) is 14.5. The molecule has 1 aromatic rings. The first-order chi connectivity index (χ1) is 7.86. The molecular weight excluding hydrogens is 227 g/mol. The summed E-state index contributed by atoms with van der Waals surface area (Å²) in [5, 5.41) is 20.1. The molecule has 0 heterocycles. The Hall–Kier alpha value is -0.578. The SMILES string of the molecule is CCCCc1cc([Si](C)(C)C)ccc1B(O)O. The number of unbranched alkanes of at least 4 members (excludes halogenated alkanes) is 1. The van der Waals surface area contributed by atoms with Gasteiger partial charge in [-0.25, -0.2) is 0 Å². The largest absolute Gasteiger partial charge is 0.488 e. The molecule has 1 rings (SSSR count). The molecule has 0 bridgehead atoms. The van der Waals surface area contributed by atoms with Crippen molar-refractivity contribution in [2.24, 2.45) is 0 Å². The highest BCUT2D eigenvalue weighted by molar-refractivity contribution is 6.88.